The predicted molar refractivity (Wildman–Crippen MR) is 152 cm³/mol. The lowest BCUT2D eigenvalue weighted by Gasteiger charge is -2.28. The smallest absolute Gasteiger partial charge is 0.242 e. The van der Waals surface area contributed by atoms with Crippen molar-refractivity contribution in [1.29, 1.82) is 0 Å². The second-order valence-electron chi connectivity index (χ2n) is 11.2. The molecule has 11 heteroatoms. The molecule has 6 rings (SSSR count). The van der Waals surface area contributed by atoms with Crippen molar-refractivity contribution in [3.63, 3.8) is 0 Å². The highest BCUT2D eigenvalue weighted by Gasteiger charge is 2.46. The van der Waals surface area contributed by atoms with Gasteiger partial charge < -0.3 is 31.2 Å². The molecule has 1 aliphatic heterocycles. The number of nitrogens with zero attached hydrogens (tertiary/aromatic N) is 6. The molecule has 1 aliphatic carbocycles. The molecule has 2 fully saturated rings. The number of benzene rings is 2. The summed E-state index contributed by atoms with van der Waals surface area (Å²) in [5.74, 6) is 0.192. The minimum absolute atomic E-state index is 0.0985. The second kappa shape index (κ2) is 10.1. The average Bonchev–Trinajstić information content (AvgIpc) is 3.39. The Morgan fingerprint density at radius 3 is 2.73 bits per heavy atom. The van der Waals surface area contributed by atoms with Gasteiger partial charge in [0.2, 0.25) is 5.91 Å². The Hall–Kier alpha value is -4.09. The van der Waals surface area contributed by atoms with Crippen LogP contribution in [0.2, 0.25) is 0 Å². The molecule has 40 heavy (non-hydrogen) atoms. The maximum atomic E-state index is 15.3. The van der Waals surface area contributed by atoms with Crippen LogP contribution in [0.5, 0.6) is 0 Å². The van der Waals surface area contributed by atoms with Crippen LogP contribution in [0.4, 0.5) is 15.9 Å². The van der Waals surface area contributed by atoms with Crippen LogP contribution in [0.25, 0.3) is 11.2 Å². The molecular weight excluding hydrogens is 509 g/mol. The number of hydrogen-bond acceptors (Lipinski definition) is 8. The third-order valence-corrected chi connectivity index (χ3v) is 8.01. The van der Waals surface area contributed by atoms with Gasteiger partial charge in [0.15, 0.2) is 11.5 Å². The van der Waals surface area contributed by atoms with Gasteiger partial charge in [-0.2, -0.15) is 0 Å². The molecule has 5 N–H and O–H groups in total. The van der Waals surface area contributed by atoms with Crippen molar-refractivity contribution in [2.75, 3.05) is 37.8 Å². The molecule has 4 aromatic rings. The first-order chi connectivity index (χ1) is 19.2. The monoisotopic (exact) mass is 543 g/mol. The summed E-state index contributed by atoms with van der Waals surface area (Å²) in [4.78, 5) is 30.2. The zero-order chi connectivity index (χ0) is 28.0. The van der Waals surface area contributed by atoms with E-state index in [2.05, 4.69) is 37.3 Å². The topological polar surface area (TPSA) is 131 Å². The van der Waals surface area contributed by atoms with Gasteiger partial charge in [0.25, 0.3) is 0 Å². The highest BCUT2D eigenvalue weighted by molar-refractivity contribution is 5.88. The lowest BCUT2D eigenvalue weighted by atomic mass is 9.98. The van der Waals surface area contributed by atoms with Gasteiger partial charge in [0.05, 0.1) is 12.9 Å². The average molecular weight is 544 g/mol. The van der Waals surface area contributed by atoms with Gasteiger partial charge in [-0.25, -0.2) is 19.3 Å². The molecule has 1 amide bonds. The Morgan fingerprint density at radius 1 is 1.15 bits per heavy atom. The fraction of sp³-hybridized carbons (Fsp3) is 0.379. The molecular formula is C29H34FN9O. The van der Waals surface area contributed by atoms with Crippen molar-refractivity contribution in [2.45, 2.75) is 43.4 Å². The van der Waals surface area contributed by atoms with E-state index in [0.717, 1.165) is 17.7 Å². The molecule has 1 saturated heterocycles. The summed E-state index contributed by atoms with van der Waals surface area (Å²) >= 11 is 0. The van der Waals surface area contributed by atoms with E-state index in [0.29, 0.717) is 61.1 Å². The van der Waals surface area contributed by atoms with Crippen LogP contribution in [0.3, 0.4) is 0 Å². The lowest BCUT2D eigenvalue weighted by Crippen LogP contribution is -2.56. The van der Waals surface area contributed by atoms with Gasteiger partial charge in [-0.1, -0.05) is 30.3 Å². The number of halogens is 1. The quantitative estimate of drug-likeness (QED) is 0.308. The summed E-state index contributed by atoms with van der Waals surface area (Å²) in [5, 5.41) is 3.18. The summed E-state index contributed by atoms with van der Waals surface area (Å²) in [6.45, 7) is 1.64. The summed E-state index contributed by atoms with van der Waals surface area (Å²) < 4.78 is 17.1. The highest BCUT2D eigenvalue weighted by Crippen LogP contribution is 2.41. The van der Waals surface area contributed by atoms with E-state index >= 15 is 4.39 Å². The molecule has 1 saturated carbocycles. The first kappa shape index (κ1) is 26.1. The number of amides is 1. The van der Waals surface area contributed by atoms with E-state index in [4.69, 9.17) is 11.5 Å². The number of imidazole rings is 1. The lowest BCUT2D eigenvalue weighted by molar-refractivity contribution is -0.125. The molecule has 0 spiro atoms. The zero-order valence-corrected chi connectivity index (χ0v) is 22.7. The number of hydrogen-bond donors (Lipinski definition) is 3. The number of rotatable bonds is 8. The molecule has 3 heterocycles. The molecule has 1 unspecified atom stereocenters. The number of anilines is 2. The molecule has 0 radical (unpaired) electrons. The Kier molecular flexibility index (Phi) is 6.63. The van der Waals surface area contributed by atoms with E-state index in [1.165, 1.54) is 18.0 Å². The number of nitrogen functional groups attached to an aromatic ring is 1. The van der Waals surface area contributed by atoms with Gasteiger partial charge in [-0.15, -0.1) is 0 Å². The van der Waals surface area contributed by atoms with Crippen LogP contribution in [0.15, 0.2) is 55.1 Å². The number of carbonyl (C=O) groups is 1. The number of aromatic nitrogens is 4. The van der Waals surface area contributed by atoms with Crippen molar-refractivity contribution in [2.24, 2.45) is 5.73 Å². The largest absolute Gasteiger partial charge is 0.382 e. The normalized spacial score (nSPS) is 22.3. The van der Waals surface area contributed by atoms with Crippen LogP contribution in [0.1, 0.15) is 35.4 Å². The predicted octanol–water partition coefficient (Wildman–Crippen LogP) is 2.24. The van der Waals surface area contributed by atoms with E-state index in [-0.39, 0.29) is 17.8 Å². The van der Waals surface area contributed by atoms with Crippen molar-refractivity contribution < 1.29 is 9.18 Å². The molecule has 0 bridgehead atoms. The van der Waals surface area contributed by atoms with Crippen molar-refractivity contribution >= 4 is 28.6 Å². The van der Waals surface area contributed by atoms with E-state index in [1.807, 2.05) is 41.8 Å². The highest BCUT2D eigenvalue weighted by atomic mass is 19.1. The van der Waals surface area contributed by atoms with Crippen molar-refractivity contribution in [1.82, 2.24) is 29.7 Å². The second-order valence-corrected chi connectivity index (χ2v) is 11.2. The Labute approximate surface area is 232 Å². The Balaban J connectivity index is 1.26. The van der Waals surface area contributed by atoms with Crippen molar-refractivity contribution in [3.8, 4) is 0 Å². The fourth-order valence-corrected chi connectivity index (χ4v) is 5.76. The maximum Gasteiger partial charge on any atom is 0.242 e. The summed E-state index contributed by atoms with van der Waals surface area (Å²) in [6.07, 6.45) is 4.46. The van der Waals surface area contributed by atoms with Crippen LogP contribution < -0.4 is 21.7 Å². The van der Waals surface area contributed by atoms with E-state index in [9.17, 15) is 4.79 Å². The van der Waals surface area contributed by atoms with Crippen LogP contribution in [-0.2, 0) is 17.9 Å². The number of carbonyl (C=O) groups excluding carboxylic acids is 1. The molecule has 10 nitrogen and oxygen atoms in total. The molecule has 2 aliphatic rings. The van der Waals surface area contributed by atoms with Crippen LogP contribution in [0, 0.1) is 5.82 Å². The van der Waals surface area contributed by atoms with Gasteiger partial charge in [-0.3, -0.25) is 4.79 Å². The molecule has 2 aromatic heterocycles. The van der Waals surface area contributed by atoms with E-state index in [1.54, 1.807) is 12.4 Å². The van der Waals surface area contributed by atoms with Gasteiger partial charge >= 0.3 is 0 Å². The first-order valence-corrected chi connectivity index (χ1v) is 13.5. The summed E-state index contributed by atoms with van der Waals surface area (Å²) in [6, 6.07) is 13.6. The van der Waals surface area contributed by atoms with Crippen molar-refractivity contribution in [3.05, 3.63) is 77.6 Å². The minimum Gasteiger partial charge on any atom is -0.382 e. The molecule has 2 aromatic carbocycles. The van der Waals surface area contributed by atoms with E-state index < -0.39 is 5.54 Å². The first-order valence-electron chi connectivity index (χ1n) is 13.5. The number of nitrogens with one attached hydrogen (secondary N) is 1. The van der Waals surface area contributed by atoms with Gasteiger partial charge in [0, 0.05) is 48.4 Å². The summed E-state index contributed by atoms with van der Waals surface area (Å²) in [5.41, 5.74) is 16.2. The number of fused-ring (bicyclic) bond motifs is 1. The maximum absolute atomic E-state index is 15.3. The standard InChI is InChI=1S/C29H34FN9O/c1-37(2)13-20-21(14-39-17-35-25-26(31)33-16-34-27(25)39)24(9-8-22(20)30)38-11-10-29(32,15-38)28(40)36-23-12-19(23)18-6-4-3-5-7-18/h3-9,16-17,19,23H,10-15,32H2,1-2H3,(H,36,40)(H2,31,33,34)/t19-,23+,29?/m1/s1. The Morgan fingerprint density at radius 2 is 1.95 bits per heavy atom. The molecule has 3 atom stereocenters. The SMILES string of the molecule is CN(C)Cc1c(F)ccc(N2CCC(N)(C(=O)N[C@H]3C[C@@H]3c3ccccc3)C2)c1Cn1cnc2c(N)ncnc21. The fourth-order valence-electron chi connectivity index (χ4n) is 5.76. The van der Waals surface area contributed by atoms with Crippen LogP contribution in [-0.4, -0.2) is 69.1 Å². The zero-order valence-electron chi connectivity index (χ0n) is 22.7. The third kappa shape index (κ3) is 4.86. The van der Waals surface area contributed by atoms with Gasteiger partial charge in [-0.05, 0) is 44.6 Å². The minimum atomic E-state index is -1.04. The van der Waals surface area contributed by atoms with Crippen LogP contribution >= 0.6 is 0 Å². The third-order valence-electron chi connectivity index (χ3n) is 8.01. The van der Waals surface area contributed by atoms with Gasteiger partial charge in [0.1, 0.15) is 23.2 Å². The molecule has 208 valence electrons. The summed E-state index contributed by atoms with van der Waals surface area (Å²) in [7, 11) is 3.81. The number of nitrogens with two attached hydrogens (primary N) is 2. The Bertz CT molecular complexity index is 1560.